The Hall–Kier alpha value is -2.14. The van der Waals surface area contributed by atoms with E-state index in [1.165, 1.54) is 0 Å². The molecule has 31 heavy (non-hydrogen) atoms. The molecule has 0 unspecified atom stereocenters. The van der Waals surface area contributed by atoms with Crippen molar-refractivity contribution in [2.24, 2.45) is 0 Å². The van der Waals surface area contributed by atoms with Crippen molar-refractivity contribution in [3.63, 3.8) is 0 Å². The van der Waals surface area contributed by atoms with Crippen LogP contribution in [0.4, 0.5) is 13.2 Å². The molecule has 11 heteroatoms. The van der Waals surface area contributed by atoms with E-state index < -0.39 is 26.7 Å². The van der Waals surface area contributed by atoms with E-state index in [4.69, 9.17) is 11.6 Å². The van der Waals surface area contributed by atoms with Gasteiger partial charge < -0.3 is 5.32 Å². The molecular formula is C20H21ClF3N3O3S. The smallest absolute Gasteiger partial charge is 0.351 e. The zero-order chi connectivity index (χ0) is 22.6. The second kappa shape index (κ2) is 9.56. The summed E-state index contributed by atoms with van der Waals surface area (Å²) in [5.74, 6) is -0.228. The number of alkyl halides is 3. The Balaban J connectivity index is 1.54. The van der Waals surface area contributed by atoms with Crippen molar-refractivity contribution in [3.05, 3.63) is 64.7 Å². The number of benzene rings is 2. The monoisotopic (exact) mass is 475 g/mol. The van der Waals surface area contributed by atoms with Crippen molar-refractivity contribution in [1.29, 1.82) is 0 Å². The molecule has 3 rings (SSSR count). The highest BCUT2D eigenvalue weighted by molar-refractivity contribution is 7.89. The van der Waals surface area contributed by atoms with Crippen molar-refractivity contribution in [1.82, 2.24) is 14.5 Å². The van der Waals surface area contributed by atoms with E-state index in [2.05, 4.69) is 5.32 Å². The summed E-state index contributed by atoms with van der Waals surface area (Å²) in [5, 5.41) is 3.32. The molecule has 0 spiro atoms. The van der Waals surface area contributed by atoms with E-state index in [9.17, 15) is 26.4 Å². The van der Waals surface area contributed by atoms with Gasteiger partial charge in [-0.25, -0.2) is 8.42 Å². The van der Waals surface area contributed by atoms with Gasteiger partial charge in [0.1, 0.15) is 0 Å². The molecule has 0 atom stereocenters. The number of hydrogen-bond donors (Lipinski definition) is 1. The Kier molecular flexibility index (Phi) is 7.25. The molecule has 1 saturated heterocycles. The van der Waals surface area contributed by atoms with E-state index in [0.29, 0.717) is 11.1 Å². The third-order valence-corrected chi connectivity index (χ3v) is 7.19. The molecule has 1 fully saturated rings. The van der Waals surface area contributed by atoms with Crippen molar-refractivity contribution in [2.45, 2.75) is 17.6 Å². The van der Waals surface area contributed by atoms with E-state index in [0.717, 1.165) is 28.1 Å². The molecule has 1 heterocycles. The number of sulfonamides is 1. The summed E-state index contributed by atoms with van der Waals surface area (Å²) in [6, 6.07) is 10.8. The largest absolute Gasteiger partial charge is 0.416 e. The Bertz CT molecular complexity index is 1040. The maximum absolute atomic E-state index is 12.9. The number of rotatable bonds is 6. The molecule has 2 aromatic carbocycles. The standard InChI is InChI=1S/C20H21ClF3N3O3S/c21-18-7-2-1-4-15(18)13-25-19(28)14-26-8-10-27(11-9-26)31(29,30)17-6-3-5-16(12-17)20(22,23)24/h1-7,12H,8-11,13-14H2,(H,25,28). The van der Waals surface area contributed by atoms with Crippen LogP contribution in [0.1, 0.15) is 11.1 Å². The van der Waals surface area contributed by atoms with Gasteiger partial charge in [-0.3, -0.25) is 9.69 Å². The van der Waals surface area contributed by atoms with Gasteiger partial charge in [0.05, 0.1) is 17.0 Å². The van der Waals surface area contributed by atoms with Crippen LogP contribution < -0.4 is 5.32 Å². The molecule has 6 nitrogen and oxygen atoms in total. The Morgan fingerprint density at radius 3 is 2.35 bits per heavy atom. The number of amides is 1. The number of carbonyl (C=O) groups excluding carboxylic acids is 1. The average Bonchev–Trinajstić information content (AvgIpc) is 2.73. The fraction of sp³-hybridized carbons (Fsp3) is 0.350. The van der Waals surface area contributed by atoms with Crippen LogP contribution in [0, 0.1) is 0 Å². The van der Waals surface area contributed by atoms with Crippen LogP contribution in [0.3, 0.4) is 0 Å². The first-order chi connectivity index (χ1) is 14.6. The topological polar surface area (TPSA) is 69.7 Å². The van der Waals surface area contributed by atoms with E-state index in [1.807, 2.05) is 6.07 Å². The molecular weight excluding hydrogens is 455 g/mol. The first-order valence-electron chi connectivity index (χ1n) is 9.47. The second-order valence-electron chi connectivity index (χ2n) is 7.07. The van der Waals surface area contributed by atoms with Gasteiger partial charge in [0, 0.05) is 37.7 Å². The van der Waals surface area contributed by atoms with Crippen molar-refractivity contribution >= 4 is 27.5 Å². The Labute approximate surface area is 183 Å². The van der Waals surface area contributed by atoms with Gasteiger partial charge in [0.2, 0.25) is 15.9 Å². The minimum Gasteiger partial charge on any atom is -0.351 e. The van der Waals surface area contributed by atoms with Crippen LogP contribution in [-0.2, 0) is 27.5 Å². The summed E-state index contributed by atoms with van der Waals surface area (Å²) in [5.41, 5.74) is -0.225. The SMILES string of the molecule is O=C(CN1CCN(S(=O)(=O)c2cccc(C(F)(F)F)c2)CC1)NCc1ccccc1Cl. The van der Waals surface area contributed by atoms with Gasteiger partial charge in [0.15, 0.2) is 0 Å². The first kappa shape index (κ1) is 23.5. The lowest BCUT2D eigenvalue weighted by atomic mass is 10.2. The molecule has 1 amide bonds. The maximum Gasteiger partial charge on any atom is 0.416 e. The molecule has 1 N–H and O–H groups in total. The second-order valence-corrected chi connectivity index (χ2v) is 9.42. The summed E-state index contributed by atoms with van der Waals surface area (Å²) < 4.78 is 65.3. The molecule has 1 aliphatic heterocycles. The lowest BCUT2D eigenvalue weighted by Crippen LogP contribution is -2.51. The predicted octanol–water partition coefficient (Wildman–Crippen LogP) is 2.98. The van der Waals surface area contributed by atoms with Gasteiger partial charge in [-0.15, -0.1) is 0 Å². The highest BCUT2D eigenvalue weighted by Crippen LogP contribution is 2.31. The summed E-state index contributed by atoms with van der Waals surface area (Å²) in [6.45, 7) is 1.10. The van der Waals surface area contributed by atoms with E-state index in [1.54, 1.807) is 23.1 Å². The Morgan fingerprint density at radius 2 is 1.71 bits per heavy atom. The number of carbonyl (C=O) groups is 1. The summed E-state index contributed by atoms with van der Waals surface area (Å²) in [6.07, 6.45) is -4.62. The average molecular weight is 476 g/mol. The fourth-order valence-electron chi connectivity index (χ4n) is 3.20. The molecule has 0 radical (unpaired) electrons. The third-order valence-electron chi connectivity index (χ3n) is 4.93. The number of nitrogens with zero attached hydrogens (tertiary/aromatic N) is 2. The van der Waals surface area contributed by atoms with Gasteiger partial charge >= 0.3 is 6.18 Å². The van der Waals surface area contributed by atoms with Gasteiger partial charge in [0.25, 0.3) is 0 Å². The van der Waals surface area contributed by atoms with Crippen LogP contribution in [-0.4, -0.2) is 56.3 Å². The normalized spacial score (nSPS) is 16.3. The summed E-state index contributed by atoms with van der Waals surface area (Å²) in [7, 11) is -4.06. The van der Waals surface area contributed by atoms with Crippen molar-refractivity contribution in [2.75, 3.05) is 32.7 Å². The van der Waals surface area contributed by atoms with Crippen LogP contribution in [0.5, 0.6) is 0 Å². The molecule has 0 bridgehead atoms. The highest BCUT2D eigenvalue weighted by atomic mass is 35.5. The Morgan fingerprint density at radius 1 is 1.03 bits per heavy atom. The van der Waals surface area contributed by atoms with Gasteiger partial charge in [-0.1, -0.05) is 35.9 Å². The van der Waals surface area contributed by atoms with E-state index >= 15 is 0 Å². The lowest BCUT2D eigenvalue weighted by molar-refractivity contribution is -0.137. The lowest BCUT2D eigenvalue weighted by Gasteiger charge is -2.33. The molecule has 0 saturated carbocycles. The third kappa shape index (κ3) is 5.97. The van der Waals surface area contributed by atoms with Crippen molar-refractivity contribution < 1.29 is 26.4 Å². The highest BCUT2D eigenvalue weighted by Gasteiger charge is 2.34. The maximum atomic E-state index is 12.9. The van der Waals surface area contributed by atoms with Crippen LogP contribution in [0.2, 0.25) is 5.02 Å². The molecule has 1 aliphatic rings. The summed E-state index contributed by atoms with van der Waals surface area (Å²) >= 11 is 6.06. The zero-order valence-corrected chi connectivity index (χ0v) is 18.0. The van der Waals surface area contributed by atoms with Crippen LogP contribution in [0.15, 0.2) is 53.4 Å². The zero-order valence-electron chi connectivity index (χ0n) is 16.4. The van der Waals surface area contributed by atoms with Gasteiger partial charge in [-0.05, 0) is 29.8 Å². The van der Waals surface area contributed by atoms with Crippen molar-refractivity contribution in [3.8, 4) is 0 Å². The fourth-order valence-corrected chi connectivity index (χ4v) is 4.88. The number of hydrogen-bond acceptors (Lipinski definition) is 4. The summed E-state index contributed by atoms with van der Waals surface area (Å²) in [4.78, 5) is 13.6. The van der Waals surface area contributed by atoms with Crippen LogP contribution in [0.25, 0.3) is 0 Å². The number of halogens is 4. The van der Waals surface area contributed by atoms with Gasteiger partial charge in [-0.2, -0.15) is 17.5 Å². The van der Waals surface area contributed by atoms with E-state index in [-0.39, 0.29) is 45.2 Å². The quantitative estimate of drug-likeness (QED) is 0.697. The van der Waals surface area contributed by atoms with Crippen LogP contribution >= 0.6 is 11.6 Å². The number of nitrogens with one attached hydrogen (secondary N) is 1. The molecule has 168 valence electrons. The molecule has 0 aromatic heterocycles. The predicted molar refractivity (Wildman–Crippen MR) is 110 cm³/mol. The number of piperazine rings is 1. The minimum atomic E-state index is -4.62. The molecule has 2 aromatic rings. The first-order valence-corrected chi connectivity index (χ1v) is 11.3. The minimum absolute atomic E-state index is 0.0797. The molecule has 0 aliphatic carbocycles.